The molecule has 4 aromatic rings. The smallest absolute Gasteiger partial charge is 0.195 e. The maximum atomic E-state index is 6.03. The zero-order valence-electron chi connectivity index (χ0n) is 11.5. The molecule has 0 bridgehead atoms. The Morgan fingerprint density at radius 3 is 2.64 bits per heavy atom. The second kappa shape index (κ2) is 5.52. The Morgan fingerprint density at radius 1 is 1.14 bits per heavy atom. The Hall–Kier alpha value is -1.66. The van der Waals surface area contributed by atoms with Crippen LogP contribution in [0.5, 0.6) is 0 Å². The molecule has 3 heterocycles. The van der Waals surface area contributed by atoms with E-state index >= 15 is 0 Å². The Morgan fingerprint density at radius 2 is 1.95 bits per heavy atom. The summed E-state index contributed by atoms with van der Waals surface area (Å²) < 4.78 is 2.17. The first kappa shape index (κ1) is 14.0. The van der Waals surface area contributed by atoms with Crippen LogP contribution < -0.4 is 5.73 Å². The average Bonchev–Trinajstić information content (AvgIpc) is 3.23. The minimum atomic E-state index is 0.439. The molecule has 22 heavy (non-hydrogen) atoms. The largest absolute Gasteiger partial charge is 0.325 e. The summed E-state index contributed by atoms with van der Waals surface area (Å²) in [5.41, 5.74) is 10.2. The van der Waals surface area contributed by atoms with E-state index in [0.717, 1.165) is 32.6 Å². The number of imidazole rings is 1. The molecule has 6 heteroatoms. The fourth-order valence-corrected chi connectivity index (χ4v) is 4.38. The van der Waals surface area contributed by atoms with Gasteiger partial charge in [0.1, 0.15) is 0 Å². The van der Waals surface area contributed by atoms with Gasteiger partial charge in [-0.05, 0) is 23.6 Å². The summed E-state index contributed by atoms with van der Waals surface area (Å²) in [6.07, 6.45) is 0. The van der Waals surface area contributed by atoms with E-state index in [9.17, 15) is 0 Å². The fourth-order valence-electron chi connectivity index (χ4n) is 2.54. The van der Waals surface area contributed by atoms with Crippen molar-refractivity contribution in [2.75, 3.05) is 0 Å². The Bertz CT molecular complexity index is 921. The quantitative estimate of drug-likeness (QED) is 0.573. The molecule has 0 fully saturated rings. The van der Waals surface area contributed by atoms with Crippen molar-refractivity contribution in [3.05, 3.63) is 57.9 Å². The third-order valence-electron chi connectivity index (χ3n) is 3.54. The van der Waals surface area contributed by atoms with E-state index in [1.165, 1.54) is 4.88 Å². The topological polar surface area (TPSA) is 43.3 Å². The van der Waals surface area contributed by atoms with Crippen LogP contribution in [0.1, 0.15) is 5.69 Å². The molecule has 0 radical (unpaired) electrons. The minimum absolute atomic E-state index is 0.439. The number of fused-ring (bicyclic) bond motifs is 1. The van der Waals surface area contributed by atoms with Crippen LogP contribution in [-0.2, 0) is 6.54 Å². The van der Waals surface area contributed by atoms with Gasteiger partial charge in [0.2, 0.25) is 0 Å². The van der Waals surface area contributed by atoms with E-state index in [1.807, 2.05) is 24.3 Å². The van der Waals surface area contributed by atoms with Crippen molar-refractivity contribution in [3.63, 3.8) is 0 Å². The number of halogens is 1. The molecule has 0 saturated heterocycles. The van der Waals surface area contributed by atoms with Crippen LogP contribution in [-0.4, -0.2) is 9.38 Å². The first-order chi connectivity index (χ1) is 10.8. The first-order valence-corrected chi connectivity index (χ1v) is 8.90. The van der Waals surface area contributed by atoms with Gasteiger partial charge in [0.25, 0.3) is 0 Å². The van der Waals surface area contributed by atoms with Gasteiger partial charge in [-0.2, -0.15) is 0 Å². The molecular weight excluding hydrogens is 334 g/mol. The minimum Gasteiger partial charge on any atom is -0.325 e. The van der Waals surface area contributed by atoms with Crippen molar-refractivity contribution in [2.45, 2.75) is 6.54 Å². The highest BCUT2D eigenvalue weighted by Gasteiger charge is 2.18. The molecule has 0 spiro atoms. The number of rotatable bonds is 3. The van der Waals surface area contributed by atoms with Gasteiger partial charge in [-0.25, -0.2) is 4.98 Å². The molecule has 0 aliphatic carbocycles. The van der Waals surface area contributed by atoms with Crippen LogP contribution in [0.2, 0.25) is 5.02 Å². The summed E-state index contributed by atoms with van der Waals surface area (Å²) in [7, 11) is 0. The number of hydrogen-bond donors (Lipinski definition) is 1. The lowest BCUT2D eigenvalue weighted by Crippen LogP contribution is -2.03. The van der Waals surface area contributed by atoms with Crippen molar-refractivity contribution in [3.8, 4) is 21.8 Å². The van der Waals surface area contributed by atoms with Crippen LogP contribution in [0.15, 0.2) is 47.2 Å². The van der Waals surface area contributed by atoms with Crippen LogP contribution in [0.3, 0.4) is 0 Å². The maximum Gasteiger partial charge on any atom is 0.195 e. The van der Waals surface area contributed by atoms with E-state index in [1.54, 1.807) is 22.7 Å². The summed E-state index contributed by atoms with van der Waals surface area (Å²) in [5, 5.41) is 4.94. The first-order valence-electron chi connectivity index (χ1n) is 6.76. The second-order valence-electron chi connectivity index (χ2n) is 4.83. The number of thiophene rings is 1. The molecule has 2 N–H and O–H groups in total. The van der Waals surface area contributed by atoms with Crippen molar-refractivity contribution < 1.29 is 0 Å². The van der Waals surface area contributed by atoms with E-state index in [-0.39, 0.29) is 0 Å². The monoisotopic (exact) mass is 345 g/mol. The van der Waals surface area contributed by atoms with Crippen molar-refractivity contribution in [1.82, 2.24) is 9.38 Å². The number of nitrogens with zero attached hydrogens (tertiary/aromatic N) is 2. The molecule has 4 rings (SSSR count). The zero-order valence-corrected chi connectivity index (χ0v) is 13.9. The SMILES string of the molecule is NCc1c(-c2ccc(Cl)cc2)nc2scc(-c3cccs3)n12. The van der Waals surface area contributed by atoms with Crippen molar-refractivity contribution in [2.24, 2.45) is 5.73 Å². The highest BCUT2D eigenvalue weighted by atomic mass is 35.5. The molecule has 1 aromatic carbocycles. The number of hydrogen-bond acceptors (Lipinski definition) is 4. The highest BCUT2D eigenvalue weighted by molar-refractivity contribution is 7.17. The standard InChI is InChI=1S/C16H12ClN3S2/c17-11-5-3-10(4-6-11)15-12(8-18)20-13(9-22-16(20)19-15)14-2-1-7-21-14/h1-7,9H,8,18H2. The Labute approximate surface area is 140 Å². The van der Waals surface area contributed by atoms with Gasteiger partial charge < -0.3 is 5.73 Å². The second-order valence-corrected chi connectivity index (χ2v) is 7.06. The van der Waals surface area contributed by atoms with Crippen LogP contribution in [0.4, 0.5) is 0 Å². The van der Waals surface area contributed by atoms with Crippen LogP contribution in [0.25, 0.3) is 26.8 Å². The van der Waals surface area contributed by atoms with Crippen LogP contribution >= 0.6 is 34.3 Å². The van der Waals surface area contributed by atoms with E-state index in [0.29, 0.717) is 6.54 Å². The summed E-state index contributed by atoms with van der Waals surface area (Å²) in [5.74, 6) is 0. The number of nitrogens with two attached hydrogens (primary N) is 1. The van der Waals surface area contributed by atoms with Crippen LogP contribution in [0, 0.1) is 0 Å². The van der Waals surface area contributed by atoms with Gasteiger partial charge in [0.05, 0.1) is 22.0 Å². The van der Waals surface area contributed by atoms with E-state index < -0.39 is 0 Å². The third-order valence-corrected chi connectivity index (χ3v) is 5.51. The Kier molecular flexibility index (Phi) is 3.50. The summed E-state index contributed by atoms with van der Waals surface area (Å²) >= 11 is 9.34. The molecule has 3 aromatic heterocycles. The van der Waals surface area contributed by atoms with Gasteiger partial charge in [-0.3, -0.25) is 4.40 Å². The zero-order chi connectivity index (χ0) is 15.1. The predicted octanol–water partition coefficient (Wildman–Crippen LogP) is 4.90. The molecule has 110 valence electrons. The van der Waals surface area contributed by atoms with Gasteiger partial charge >= 0.3 is 0 Å². The summed E-state index contributed by atoms with van der Waals surface area (Å²) in [6.45, 7) is 0.439. The molecule has 0 amide bonds. The van der Waals surface area contributed by atoms with Gasteiger partial charge in [-0.1, -0.05) is 29.8 Å². The predicted molar refractivity (Wildman–Crippen MR) is 94.7 cm³/mol. The maximum absolute atomic E-state index is 6.03. The van der Waals surface area contributed by atoms with Crippen molar-refractivity contribution in [1.29, 1.82) is 0 Å². The Balaban J connectivity index is 1.96. The third kappa shape index (κ3) is 2.18. The molecular formula is C16H12ClN3S2. The fraction of sp³-hybridized carbons (Fsp3) is 0.0625. The molecule has 0 aliphatic heterocycles. The number of benzene rings is 1. The summed E-state index contributed by atoms with van der Waals surface area (Å²) in [4.78, 5) is 6.97. The van der Waals surface area contributed by atoms with E-state index in [2.05, 4.69) is 27.3 Å². The average molecular weight is 346 g/mol. The molecule has 0 atom stereocenters. The number of aromatic nitrogens is 2. The number of thiazole rings is 1. The molecule has 0 unspecified atom stereocenters. The molecule has 0 aliphatic rings. The van der Waals surface area contributed by atoms with Gasteiger partial charge in [-0.15, -0.1) is 22.7 Å². The highest BCUT2D eigenvalue weighted by Crippen LogP contribution is 2.34. The summed E-state index contributed by atoms with van der Waals surface area (Å²) in [6, 6.07) is 11.9. The van der Waals surface area contributed by atoms with Gasteiger partial charge in [0.15, 0.2) is 4.96 Å². The lowest BCUT2D eigenvalue weighted by Gasteiger charge is -2.04. The van der Waals surface area contributed by atoms with E-state index in [4.69, 9.17) is 22.3 Å². The van der Waals surface area contributed by atoms with Gasteiger partial charge in [0, 0.05) is 22.5 Å². The molecule has 3 nitrogen and oxygen atoms in total. The lowest BCUT2D eigenvalue weighted by molar-refractivity contribution is 0.975. The normalized spacial score (nSPS) is 11.4. The molecule has 0 saturated carbocycles. The van der Waals surface area contributed by atoms with Crippen molar-refractivity contribution >= 4 is 39.2 Å². The lowest BCUT2D eigenvalue weighted by atomic mass is 10.1.